The number of rotatable bonds is 3. The summed E-state index contributed by atoms with van der Waals surface area (Å²) < 4.78 is 41.5. The Kier molecular flexibility index (Phi) is 4.48. The van der Waals surface area contributed by atoms with Gasteiger partial charge < -0.3 is 15.8 Å². The Bertz CT molecular complexity index is 543. The first-order chi connectivity index (χ1) is 9.70. The number of alkyl halides is 3. The van der Waals surface area contributed by atoms with Crippen molar-refractivity contribution in [2.75, 3.05) is 5.32 Å². The highest BCUT2D eigenvalue weighted by molar-refractivity contribution is 9.10. The van der Waals surface area contributed by atoms with Crippen LogP contribution in [0.5, 0.6) is 5.75 Å². The topological polar surface area (TPSA) is 64.4 Å². The number of carbonyl (C=O) groups excluding carboxylic acids is 1. The Morgan fingerprint density at radius 2 is 1.95 bits per heavy atom. The molecule has 1 fully saturated rings. The van der Waals surface area contributed by atoms with Gasteiger partial charge in [-0.1, -0.05) is 28.8 Å². The Hall–Kier alpha value is -1.28. The third-order valence-electron chi connectivity index (χ3n) is 3.37. The van der Waals surface area contributed by atoms with Gasteiger partial charge in [-0.05, 0) is 31.0 Å². The van der Waals surface area contributed by atoms with Gasteiger partial charge in [-0.15, -0.1) is 13.2 Å². The van der Waals surface area contributed by atoms with E-state index in [1.165, 1.54) is 12.1 Å². The highest BCUT2D eigenvalue weighted by Gasteiger charge is 2.38. The Morgan fingerprint density at radius 1 is 1.33 bits per heavy atom. The summed E-state index contributed by atoms with van der Waals surface area (Å²) in [5, 5.41) is 2.43. The van der Waals surface area contributed by atoms with Gasteiger partial charge in [-0.3, -0.25) is 4.79 Å². The summed E-state index contributed by atoms with van der Waals surface area (Å²) in [5.41, 5.74) is 4.89. The molecule has 0 heterocycles. The summed E-state index contributed by atoms with van der Waals surface area (Å²) in [4.78, 5) is 12.2. The molecule has 4 nitrogen and oxygen atoms in total. The van der Waals surface area contributed by atoms with E-state index in [0.717, 1.165) is 18.9 Å². The van der Waals surface area contributed by atoms with E-state index in [1.807, 2.05) is 0 Å². The van der Waals surface area contributed by atoms with E-state index in [0.29, 0.717) is 17.3 Å². The molecule has 8 heteroatoms. The molecule has 116 valence electrons. The molecule has 0 saturated heterocycles. The number of hydrogen-bond acceptors (Lipinski definition) is 3. The summed E-state index contributed by atoms with van der Waals surface area (Å²) in [7, 11) is 0. The molecule has 0 aliphatic heterocycles. The zero-order valence-electron chi connectivity index (χ0n) is 11.0. The number of ether oxygens (including phenoxy) is 1. The second kappa shape index (κ2) is 5.84. The number of benzene rings is 1. The molecule has 1 aliphatic carbocycles. The lowest BCUT2D eigenvalue weighted by Gasteiger charge is -2.23. The van der Waals surface area contributed by atoms with Crippen LogP contribution in [0.25, 0.3) is 0 Å². The van der Waals surface area contributed by atoms with Crippen LogP contribution < -0.4 is 15.8 Å². The third kappa shape index (κ3) is 4.10. The van der Waals surface area contributed by atoms with Crippen molar-refractivity contribution >= 4 is 27.5 Å². The molecule has 1 amide bonds. The van der Waals surface area contributed by atoms with Crippen LogP contribution in [0.4, 0.5) is 18.9 Å². The lowest BCUT2D eigenvalue weighted by atomic mass is 9.98. The van der Waals surface area contributed by atoms with Crippen LogP contribution in [0, 0.1) is 0 Å². The van der Waals surface area contributed by atoms with Crippen LogP contribution in [0.1, 0.15) is 25.7 Å². The number of hydrogen-bond donors (Lipinski definition) is 2. The first-order valence-corrected chi connectivity index (χ1v) is 7.15. The van der Waals surface area contributed by atoms with Gasteiger partial charge in [0.25, 0.3) is 0 Å². The fourth-order valence-electron chi connectivity index (χ4n) is 2.29. The van der Waals surface area contributed by atoms with Crippen molar-refractivity contribution < 1.29 is 22.7 Å². The van der Waals surface area contributed by atoms with Crippen LogP contribution >= 0.6 is 15.9 Å². The zero-order valence-corrected chi connectivity index (χ0v) is 12.6. The number of nitrogens with one attached hydrogen (secondary N) is 1. The summed E-state index contributed by atoms with van der Waals surface area (Å²) in [6.45, 7) is 0. The highest BCUT2D eigenvalue weighted by atomic mass is 79.9. The largest absolute Gasteiger partial charge is 0.573 e. The molecule has 21 heavy (non-hydrogen) atoms. The first-order valence-electron chi connectivity index (χ1n) is 6.35. The Balaban J connectivity index is 2.21. The van der Waals surface area contributed by atoms with E-state index in [4.69, 9.17) is 5.73 Å². The molecule has 3 N–H and O–H groups in total. The van der Waals surface area contributed by atoms with Gasteiger partial charge in [0.2, 0.25) is 5.91 Å². The summed E-state index contributed by atoms with van der Waals surface area (Å²) in [5.74, 6) is -0.971. The van der Waals surface area contributed by atoms with Crippen LogP contribution in [-0.4, -0.2) is 17.8 Å². The van der Waals surface area contributed by atoms with Crippen molar-refractivity contribution in [3.8, 4) is 5.75 Å². The second-order valence-electron chi connectivity index (χ2n) is 5.01. The van der Waals surface area contributed by atoms with E-state index in [1.54, 1.807) is 0 Å². The third-order valence-corrected chi connectivity index (χ3v) is 3.86. The van der Waals surface area contributed by atoms with Crippen molar-refractivity contribution in [3.63, 3.8) is 0 Å². The molecule has 1 aliphatic rings. The van der Waals surface area contributed by atoms with Crippen LogP contribution in [0.2, 0.25) is 0 Å². The van der Waals surface area contributed by atoms with E-state index < -0.39 is 23.6 Å². The van der Waals surface area contributed by atoms with E-state index in [9.17, 15) is 18.0 Å². The Labute approximate surface area is 128 Å². The lowest BCUT2D eigenvalue weighted by Crippen LogP contribution is -2.48. The van der Waals surface area contributed by atoms with E-state index in [2.05, 4.69) is 26.0 Å². The summed E-state index contributed by atoms with van der Waals surface area (Å²) in [6, 6.07) is 3.99. The highest BCUT2D eigenvalue weighted by Crippen LogP contribution is 2.35. The van der Waals surface area contributed by atoms with Crippen LogP contribution in [0.15, 0.2) is 22.7 Å². The average Bonchev–Trinajstić information content (AvgIpc) is 2.79. The maximum atomic E-state index is 12.4. The minimum absolute atomic E-state index is 0.0581. The maximum Gasteiger partial charge on any atom is 0.573 e. The molecule has 1 aromatic carbocycles. The number of carbonyl (C=O) groups is 1. The monoisotopic (exact) mass is 366 g/mol. The van der Waals surface area contributed by atoms with Crippen molar-refractivity contribution in [1.29, 1.82) is 0 Å². The van der Waals surface area contributed by atoms with Crippen molar-refractivity contribution in [2.45, 2.75) is 37.6 Å². The summed E-state index contributed by atoms with van der Waals surface area (Å²) >= 11 is 3.06. The quantitative estimate of drug-likeness (QED) is 0.859. The SMILES string of the molecule is NC1(C(=O)Nc2ccc(Br)cc2OC(F)(F)F)CCCC1. The fourth-order valence-corrected chi connectivity index (χ4v) is 2.63. The molecule has 0 unspecified atom stereocenters. The van der Waals surface area contributed by atoms with E-state index in [-0.39, 0.29) is 5.69 Å². The molecule has 0 radical (unpaired) electrons. The molecule has 1 aromatic rings. The van der Waals surface area contributed by atoms with Crippen LogP contribution in [-0.2, 0) is 4.79 Å². The van der Waals surface area contributed by atoms with Gasteiger partial charge in [0.05, 0.1) is 11.2 Å². The second-order valence-corrected chi connectivity index (χ2v) is 5.92. The minimum Gasteiger partial charge on any atom is -0.404 e. The average molecular weight is 367 g/mol. The maximum absolute atomic E-state index is 12.4. The van der Waals surface area contributed by atoms with Crippen molar-refractivity contribution in [3.05, 3.63) is 22.7 Å². The zero-order chi connectivity index (χ0) is 15.7. The van der Waals surface area contributed by atoms with Crippen molar-refractivity contribution in [2.24, 2.45) is 5.73 Å². The molecule has 0 bridgehead atoms. The first kappa shape index (κ1) is 16.1. The van der Waals surface area contributed by atoms with Gasteiger partial charge in [0, 0.05) is 4.47 Å². The predicted octanol–water partition coefficient (Wildman–Crippen LogP) is 3.56. The van der Waals surface area contributed by atoms with Gasteiger partial charge in [-0.2, -0.15) is 0 Å². The smallest absolute Gasteiger partial charge is 0.404 e. The predicted molar refractivity (Wildman–Crippen MR) is 74.8 cm³/mol. The van der Waals surface area contributed by atoms with Gasteiger partial charge in [0.15, 0.2) is 5.75 Å². The van der Waals surface area contributed by atoms with E-state index >= 15 is 0 Å². The van der Waals surface area contributed by atoms with Crippen LogP contribution in [0.3, 0.4) is 0 Å². The van der Waals surface area contributed by atoms with Gasteiger partial charge >= 0.3 is 6.36 Å². The van der Waals surface area contributed by atoms with Crippen molar-refractivity contribution in [1.82, 2.24) is 0 Å². The van der Waals surface area contributed by atoms with Gasteiger partial charge in [0.1, 0.15) is 0 Å². The van der Waals surface area contributed by atoms with Gasteiger partial charge in [-0.25, -0.2) is 0 Å². The minimum atomic E-state index is -4.84. The normalized spacial score (nSPS) is 17.6. The number of amides is 1. The number of halogens is 4. The Morgan fingerprint density at radius 3 is 2.52 bits per heavy atom. The molecule has 0 spiro atoms. The fraction of sp³-hybridized carbons (Fsp3) is 0.462. The molecule has 1 saturated carbocycles. The molecule has 0 atom stereocenters. The summed E-state index contributed by atoms with van der Waals surface area (Å²) in [6.07, 6.45) is -2.14. The molecular weight excluding hydrogens is 353 g/mol. The lowest BCUT2D eigenvalue weighted by molar-refractivity contribution is -0.274. The molecular formula is C13H14BrF3N2O2. The standard InChI is InChI=1S/C13H14BrF3N2O2/c14-8-3-4-9(10(7-8)21-13(15,16)17)19-11(20)12(18)5-1-2-6-12/h3-4,7H,1-2,5-6,18H2,(H,19,20). The molecule has 2 rings (SSSR count). The number of nitrogens with two attached hydrogens (primary N) is 1. The number of anilines is 1. The molecule has 0 aromatic heterocycles.